The Hall–Kier alpha value is -2.35. The quantitative estimate of drug-likeness (QED) is 0.365. The molecule has 0 bridgehead atoms. The molecule has 0 saturated heterocycles. The number of hydrogen-bond donors (Lipinski definition) is 2. The highest BCUT2D eigenvalue weighted by atomic mass is 32.2. The standard InChI is InChI=1S/C11H12N4O3S/c1-19(17,18)9-5-2-6-13-11(9)15-7-3-4-8(15)10(12)14-16/h2-7,16H,1H3,(H2,12,14). The third-order valence-corrected chi connectivity index (χ3v) is 3.62. The summed E-state index contributed by atoms with van der Waals surface area (Å²) >= 11 is 0. The molecule has 8 heteroatoms. The molecule has 0 amide bonds. The Kier molecular flexibility index (Phi) is 3.26. The number of sulfone groups is 1. The van der Waals surface area contributed by atoms with Crippen LogP contribution in [0.5, 0.6) is 0 Å². The molecule has 0 radical (unpaired) electrons. The number of aromatic nitrogens is 2. The first-order valence-corrected chi connectivity index (χ1v) is 7.15. The highest BCUT2D eigenvalue weighted by Gasteiger charge is 2.18. The van der Waals surface area contributed by atoms with Gasteiger partial charge < -0.3 is 10.9 Å². The fourth-order valence-corrected chi connectivity index (χ4v) is 2.49. The van der Waals surface area contributed by atoms with Gasteiger partial charge >= 0.3 is 0 Å². The van der Waals surface area contributed by atoms with Crippen LogP contribution in [0.3, 0.4) is 0 Å². The van der Waals surface area contributed by atoms with Crippen LogP contribution in [-0.2, 0) is 9.84 Å². The van der Waals surface area contributed by atoms with Gasteiger partial charge in [-0.1, -0.05) is 5.16 Å². The minimum atomic E-state index is -3.44. The maximum Gasteiger partial charge on any atom is 0.187 e. The van der Waals surface area contributed by atoms with Crippen molar-refractivity contribution in [2.75, 3.05) is 6.26 Å². The molecule has 3 N–H and O–H groups in total. The van der Waals surface area contributed by atoms with Crippen LogP contribution in [0, 0.1) is 0 Å². The van der Waals surface area contributed by atoms with Crippen LogP contribution in [0.15, 0.2) is 46.7 Å². The summed E-state index contributed by atoms with van der Waals surface area (Å²) in [6, 6.07) is 6.23. The van der Waals surface area contributed by atoms with E-state index in [-0.39, 0.29) is 16.5 Å². The van der Waals surface area contributed by atoms with Crippen molar-refractivity contribution in [2.24, 2.45) is 10.9 Å². The van der Waals surface area contributed by atoms with Gasteiger partial charge in [0.1, 0.15) is 4.90 Å². The van der Waals surface area contributed by atoms with Crippen molar-refractivity contribution in [1.29, 1.82) is 0 Å². The van der Waals surface area contributed by atoms with Crippen LogP contribution in [0.2, 0.25) is 0 Å². The van der Waals surface area contributed by atoms with Crippen molar-refractivity contribution >= 4 is 15.7 Å². The number of nitrogens with two attached hydrogens (primary N) is 1. The van der Waals surface area contributed by atoms with Gasteiger partial charge in [-0.15, -0.1) is 0 Å². The Morgan fingerprint density at radius 2 is 2.16 bits per heavy atom. The topological polar surface area (TPSA) is 111 Å². The Balaban J connectivity index is 2.71. The third-order valence-electron chi connectivity index (χ3n) is 2.50. The fourth-order valence-electron chi connectivity index (χ4n) is 1.68. The normalized spacial score (nSPS) is 12.6. The monoisotopic (exact) mass is 280 g/mol. The summed E-state index contributed by atoms with van der Waals surface area (Å²) in [4.78, 5) is 4.12. The molecule has 2 aromatic rings. The molecule has 2 rings (SSSR count). The van der Waals surface area contributed by atoms with Gasteiger partial charge in [0.25, 0.3) is 0 Å². The van der Waals surface area contributed by atoms with Gasteiger partial charge in [-0.3, -0.25) is 4.57 Å². The van der Waals surface area contributed by atoms with Gasteiger partial charge in [-0.05, 0) is 24.3 Å². The van der Waals surface area contributed by atoms with Crippen molar-refractivity contribution in [3.05, 3.63) is 42.4 Å². The molecule has 2 aromatic heterocycles. The summed E-state index contributed by atoms with van der Waals surface area (Å²) < 4.78 is 24.9. The molecule has 0 fully saturated rings. The van der Waals surface area contributed by atoms with Crippen LogP contribution in [0.1, 0.15) is 5.69 Å². The Morgan fingerprint density at radius 3 is 2.79 bits per heavy atom. The van der Waals surface area contributed by atoms with E-state index in [1.165, 1.54) is 22.9 Å². The lowest BCUT2D eigenvalue weighted by molar-refractivity contribution is 0.318. The highest BCUT2D eigenvalue weighted by Crippen LogP contribution is 2.19. The smallest absolute Gasteiger partial charge is 0.187 e. The summed E-state index contributed by atoms with van der Waals surface area (Å²) in [5.41, 5.74) is 5.89. The summed E-state index contributed by atoms with van der Waals surface area (Å²) in [6.45, 7) is 0. The third kappa shape index (κ3) is 2.43. The number of pyridine rings is 1. The molecular weight excluding hydrogens is 268 g/mol. The summed E-state index contributed by atoms with van der Waals surface area (Å²) in [6.07, 6.45) is 4.16. The molecule has 0 spiro atoms. The van der Waals surface area contributed by atoms with Gasteiger partial charge in [-0.25, -0.2) is 13.4 Å². The van der Waals surface area contributed by atoms with Crippen LogP contribution in [0.25, 0.3) is 5.82 Å². The summed E-state index contributed by atoms with van der Waals surface area (Å²) in [5, 5.41) is 11.6. The highest BCUT2D eigenvalue weighted by molar-refractivity contribution is 7.90. The summed E-state index contributed by atoms with van der Waals surface area (Å²) in [7, 11) is -3.44. The lowest BCUT2D eigenvalue weighted by Crippen LogP contribution is -2.19. The average molecular weight is 280 g/mol. The number of oxime groups is 1. The van der Waals surface area contributed by atoms with E-state index in [9.17, 15) is 8.42 Å². The van der Waals surface area contributed by atoms with Crippen molar-refractivity contribution < 1.29 is 13.6 Å². The SMILES string of the molecule is CS(=O)(=O)c1cccnc1-n1cccc1/C(N)=N/O. The first-order valence-electron chi connectivity index (χ1n) is 5.26. The van der Waals surface area contributed by atoms with E-state index >= 15 is 0 Å². The molecular formula is C11H12N4O3S. The van der Waals surface area contributed by atoms with Gasteiger partial charge in [0.2, 0.25) is 0 Å². The van der Waals surface area contributed by atoms with E-state index in [4.69, 9.17) is 10.9 Å². The Bertz CT molecular complexity index is 734. The maximum atomic E-state index is 11.7. The van der Waals surface area contributed by atoms with Gasteiger partial charge in [-0.2, -0.15) is 0 Å². The predicted octanol–water partition coefficient (Wildman–Crippen LogP) is 0.370. The maximum absolute atomic E-state index is 11.7. The molecule has 0 aliphatic heterocycles. The molecule has 0 unspecified atom stereocenters. The van der Waals surface area contributed by atoms with Crippen LogP contribution in [0.4, 0.5) is 0 Å². The van der Waals surface area contributed by atoms with E-state index in [2.05, 4.69) is 10.1 Å². The molecule has 0 aliphatic rings. The second kappa shape index (κ2) is 4.73. The van der Waals surface area contributed by atoms with E-state index in [1.54, 1.807) is 18.3 Å². The zero-order valence-electron chi connectivity index (χ0n) is 10.1. The second-order valence-corrected chi connectivity index (χ2v) is 5.83. The first kappa shape index (κ1) is 13.1. The zero-order valence-corrected chi connectivity index (χ0v) is 10.9. The van der Waals surface area contributed by atoms with Crippen LogP contribution >= 0.6 is 0 Å². The van der Waals surface area contributed by atoms with Crippen LogP contribution < -0.4 is 5.73 Å². The van der Waals surface area contributed by atoms with Crippen molar-refractivity contribution in [2.45, 2.75) is 4.90 Å². The lowest BCUT2D eigenvalue weighted by Gasteiger charge is -2.10. The largest absolute Gasteiger partial charge is 0.409 e. The fraction of sp³-hybridized carbons (Fsp3) is 0.0909. The molecule has 7 nitrogen and oxygen atoms in total. The summed E-state index contributed by atoms with van der Waals surface area (Å²) in [5.74, 6) is 0.0757. The molecule has 2 heterocycles. The first-order chi connectivity index (χ1) is 8.95. The molecule has 0 atom stereocenters. The average Bonchev–Trinajstić information content (AvgIpc) is 2.86. The molecule has 0 saturated carbocycles. The van der Waals surface area contributed by atoms with Gasteiger partial charge in [0, 0.05) is 18.6 Å². The molecule has 19 heavy (non-hydrogen) atoms. The second-order valence-electron chi connectivity index (χ2n) is 3.85. The minimum Gasteiger partial charge on any atom is -0.409 e. The zero-order chi connectivity index (χ0) is 14.0. The Morgan fingerprint density at radius 1 is 1.42 bits per heavy atom. The van der Waals surface area contributed by atoms with Crippen molar-refractivity contribution in [3.63, 3.8) is 0 Å². The number of nitrogens with zero attached hydrogens (tertiary/aromatic N) is 3. The van der Waals surface area contributed by atoms with E-state index in [0.717, 1.165) is 6.26 Å². The lowest BCUT2D eigenvalue weighted by atomic mass is 10.4. The number of hydrogen-bond acceptors (Lipinski definition) is 5. The molecule has 100 valence electrons. The number of amidine groups is 1. The predicted molar refractivity (Wildman–Crippen MR) is 69.2 cm³/mol. The van der Waals surface area contributed by atoms with E-state index < -0.39 is 9.84 Å². The van der Waals surface area contributed by atoms with E-state index in [1.807, 2.05) is 0 Å². The minimum absolute atomic E-state index is 0.0678. The van der Waals surface area contributed by atoms with Gasteiger partial charge in [0.15, 0.2) is 21.5 Å². The molecule has 0 aromatic carbocycles. The van der Waals surface area contributed by atoms with E-state index in [0.29, 0.717) is 5.69 Å². The van der Waals surface area contributed by atoms with Gasteiger partial charge in [0.05, 0.1) is 5.69 Å². The molecule has 0 aliphatic carbocycles. The van der Waals surface area contributed by atoms with Crippen molar-refractivity contribution in [1.82, 2.24) is 9.55 Å². The van der Waals surface area contributed by atoms with Crippen molar-refractivity contribution in [3.8, 4) is 5.82 Å². The Labute approximate surface area is 109 Å². The van der Waals surface area contributed by atoms with Crippen LogP contribution in [-0.4, -0.2) is 35.3 Å². The number of rotatable bonds is 3.